The molecule has 0 aliphatic carbocycles. The fourth-order valence-electron chi connectivity index (χ4n) is 3.24. The van der Waals surface area contributed by atoms with Gasteiger partial charge in [0.05, 0.1) is 0 Å². The van der Waals surface area contributed by atoms with Crippen LogP contribution in [0.25, 0.3) is 0 Å². The van der Waals surface area contributed by atoms with Crippen molar-refractivity contribution >= 4 is 0 Å². The minimum Gasteiger partial charge on any atom is -0.312 e. The molecule has 1 saturated heterocycles. The molecule has 0 radical (unpaired) electrons. The summed E-state index contributed by atoms with van der Waals surface area (Å²) in [5.41, 5.74) is 2.75. The Morgan fingerprint density at radius 2 is 1.95 bits per heavy atom. The number of hydrogen-bond acceptors (Lipinski definition) is 2. The number of likely N-dealkylation sites (N-methyl/N-ethyl adjacent to an activating group) is 1. The van der Waals surface area contributed by atoms with Crippen molar-refractivity contribution in [2.75, 3.05) is 26.7 Å². The maximum Gasteiger partial charge on any atom is 0.0446 e. The molecule has 2 unspecified atom stereocenters. The molecule has 112 valence electrons. The van der Waals surface area contributed by atoms with Crippen molar-refractivity contribution in [1.82, 2.24) is 10.2 Å². The second kappa shape index (κ2) is 7.80. The normalized spacial score (nSPS) is 22.4. The van der Waals surface area contributed by atoms with Gasteiger partial charge in [0.1, 0.15) is 0 Å². The van der Waals surface area contributed by atoms with Gasteiger partial charge < -0.3 is 10.2 Å². The van der Waals surface area contributed by atoms with Gasteiger partial charge in [-0.15, -0.1) is 0 Å². The van der Waals surface area contributed by atoms with Crippen molar-refractivity contribution in [3.8, 4) is 0 Å². The quantitative estimate of drug-likeness (QED) is 0.879. The van der Waals surface area contributed by atoms with Gasteiger partial charge in [-0.2, -0.15) is 0 Å². The Bertz CT molecular complexity index is 385. The number of benzene rings is 1. The van der Waals surface area contributed by atoms with Crippen molar-refractivity contribution in [1.29, 1.82) is 0 Å². The van der Waals surface area contributed by atoms with E-state index in [1.54, 1.807) is 0 Å². The minimum absolute atomic E-state index is 0.453. The molecule has 0 amide bonds. The van der Waals surface area contributed by atoms with Crippen molar-refractivity contribution < 1.29 is 0 Å². The summed E-state index contributed by atoms with van der Waals surface area (Å²) in [4.78, 5) is 2.65. The number of nitrogens with zero attached hydrogens (tertiary/aromatic N) is 1. The van der Waals surface area contributed by atoms with Crippen LogP contribution in [-0.4, -0.2) is 31.6 Å². The van der Waals surface area contributed by atoms with Gasteiger partial charge in [0.25, 0.3) is 0 Å². The van der Waals surface area contributed by atoms with Crippen LogP contribution in [0, 0.1) is 12.8 Å². The highest BCUT2D eigenvalue weighted by Gasteiger charge is 2.19. The Morgan fingerprint density at radius 1 is 1.20 bits per heavy atom. The summed E-state index contributed by atoms with van der Waals surface area (Å²) in [6.45, 7) is 8.15. The van der Waals surface area contributed by atoms with Crippen molar-refractivity contribution in [3.63, 3.8) is 0 Å². The van der Waals surface area contributed by atoms with Crippen LogP contribution < -0.4 is 5.32 Å². The lowest BCUT2D eigenvalue weighted by molar-refractivity contribution is 0.252. The lowest BCUT2D eigenvalue weighted by Gasteiger charge is -2.26. The summed E-state index contributed by atoms with van der Waals surface area (Å²) in [5, 5.41) is 3.49. The lowest BCUT2D eigenvalue weighted by atomic mass is 9.98. The number of nitrogens with one attached hydrogen (secondary N) is 1. The molecule has 0 aromatic heterocycles. The third-order valence-electron chi connectivity index (χ3n) is 4.79. The maximum atomic E-state index is 3.49. The first-order valence-electron chi connectivity index (χ1n) is 8.19. The molecular formula is C18H30N2. The molecule has 1 aromatic carbocycles. The monoisotopic (exact) mass is 274 g/mol. The van der Waals surface area contributed by atoms with Crippen molar-refractivity contribution in [3.05, 3.63) is 35.4 Å². The van der Waals surface area contributed by atoms with Crippen LogP contribution in [0.1, 0.15) is 49.8 Å². The second-order valence-corrected chi connectivity index (χ2v) is 6.26. The molecule has 0 spiro atoms. The largest absolute Gasteiger partial charge is 0.312 e. The zero-order chi connectivity index (χ0) is 14.4. The van der Waals surface area contributed by atoms with Gasteiger partial charge >= 0.3 is 0 Å². The van der Waals surface area contributed by atoms with E-state index in [1.807, 2.05) is 0 Å². The molecule has 1 aromatic rings. The van der Waals surface area contributed by atoms with Gasteiger partial charge in [-0.25, -0.2) is 0 Å². The molecule has 1 N–H and O–H groups in total. The zero-order valence-electron chi connectivity index (χ0n) is 13.4. The average Bonchev–Trinajstić information content (AvgIpc) is 2.71. The Kier molecular flexibility index (Phi) is 6.06. The van der Waals surface area contributed by atoms with E-state index in [0.717, 1.165) is 12.5 Å². The fraction of sp³-hybridized carbons (Fsp3) is 0.667. The van der Waals surface area contributed by atoms with E-state index in [9.17, 15) is 0 Å². The topological polar surface area (TPSA) is 15.3 Å². The second-order valence-electron chi connectivity index (χ2n) is 6.26. The molecule has 1 fully saturated rings. The van der Waals surface area contributed by atoms with Crippen LogP contribution in [0.2, 0.25) is 0 Å². The minimum atomic E-state index is 0.453. The first kappa shape index (κ1) is 15.5. The average molecular weight is 274 g/mol. The summed E-state index contributed by atoms with van der Waals surface area (Å²) in [7, 11) is 2.08. The van der Waals surface area contributed by atoms with E-state index < -0.39 is 0 Å². The summed E-state index contributed by atoms with van der Waals surface area (Å²) in [6, 6.07) is 9.42. The molecule has 0 saturated carbocycles. The molecule has 1 heterocycles. The highest BCUT2D eigenvalue weighted by molar-refractivity contribution is 5.24. The molecule has 2 atom stereocenters. The molecule has 1 aliphatic rings. The van der Waals surface area contributed by atoms with E-state index in [-0.39, 0.29) is 0 Å². The maximum absolute atomic E-state index is 3.49. The Labute approximate surface area is 124 Å². The molecule has 2 nitrogen and oxygen atoms in total. The van der Waals surface area contributed by atoms with Gasteiger partial charge in [0.15, 0.2) is 0 Å². The molecule has 1 aliphatic heterocycles. The van der Waals surface area contributed by atoms with Crippen molar-refractivity contribution in [2.45, 2.75) is 45.6 Å². The van der Waals surface area contributed by atoms with E-state index in [2.05, 4.69) is 55.4 Å². The number of aryl methyl sites for hydroxylation is 1. The third kappa shape index (κ3) is 4.32. The fourth-order valence-corrected chi connectivity index (χ4v) is 3.24. The summed E-state index contributed by atoms with van der Waals surface area (Å²) >= 11 is 0. The van der Waals surface area contributed by atoms with Crippen LogP contribution in [-0.2, 0) is 0 Å². The highest BCUT2D eigenvalue weighted by Crippen LogP contribution is 2.22. The van der Waals surface area contributed by atoms with Gasteiger partial charge in [-0.1, -0.05) is 43.2 Å². The van der Waals surface area contributed by atoms with Crippen LogP contribution in [0.5, 0.6) is 0 Å². The van der Waals surface area contributed by atoms with Gasteiger partial charge in [-0.3, -0.25) is 0 Å². The molecule has 0 bridgehead atoms. The van der Waals surface area contributed by atoms with Crippen molar-refractivity contribution in [2.24, 2.45) is 5.92 Å². The number of likely N-dealkylation sites (tertiary alicyclic amines) is 1. The number of hydrogen-bond donors (Lipinski definition) is 1. The Hall–Kier alpha value is -0.860. The smallest absolute Gasteiger partial charge is 0.0446 e. The standard InChI is InChI=1S/C18H30N2/c1-4-16-6-5-12-20(13-11-16)14-18(19-3)17-9-7-15(2)8-10-17/h7-10,16,18-19H,4-6,11-14H2,1-3H3. The van der Waals surface area contributed by atoms with Gasteiger partial charge in [0.2, 0.25) is 0 Å². The Morgan fingerprint density at radius 3 is 2.60 bits per heavy atom. The van der Waals surface area contributed by atoms with Gasteiger partial charge in [-0.05, 0) is 57.8 Å². The Balaban J connectivity index is 1.94. The summed E-state index contributed by atoms with van der Waals surface area (Å²) in [5.74, 6) is 0.951. The van der Waals surface area contributed by atoms with Crippen LogP contribution in [0.15, 0.2) is 24.3 Å². The van der Waals surface area contributed by atoms with Crippen LogP contribution >= 0.6 is 0 Å². The molecule has 2 rings (SSSR count). The van der Waals surface area contributed by atoms with Gasteiger partial charge in [0, 0.05) is 12.6 Å². The summed E-state index contributed by atoms with van der Waals surface area (Å²) < 4.78 is 0. The van der Waals surface area contributed by atoms with E-state index in [0.29, 0.717) is 6.04 Å². The van der Waals surface area contributed by atoms with E-state index >= 15 is 0 Å². The first-order chi connectivity index (χ1) is 9.72. The predicted octanol–water partition coefficient (Wildman–Crippen LogP) is 3.77. The molecule has 2 heteroatoms. The van der Waals surface area contributed by atoms with E-state index in [4.69, 9.17) is 0 Å². The summed E-state index contributed by atoms with van der Waals surface area (Å²) in [6.07, 6.45) is 5.51. The van der Waals surface area contributed by atoms with Crippen LogP contribution in [0.4, 0.5) is 0 Å². The first-order valence-corrected chi connectivity index (χ1v) is 8.19. The third-order valence-corrected chi connectivity index (χ3v) is 4.79. The SMILES string of the molecule is CCC1CCCN(CC(NC)c2ccc(C)cc2)CC1. The van der Waals surface area contributed by atoms with Crippen LogP contribution in [0.3, 0.4) is 0 Å². The number of rotatable bonds is 5. The predicted molar refractivity (Wildman–Crippen MR) is 87.1 cm³/mol. The van der Waals surface area contributed by atoms with E-state index in [1.165, 1.54) is 49.9 Å². The molecular weight excluding hydrogens is 244 g/mol. The zero-order valence-corrected chi connectivity index (χ0v) is 13.4. The highest BCUT2D eigenvalue weighted by atomic mass is 15.1. The molecule has 20 heavy (non-hydrogen) atoms. The lowest BCUT2D eigenvalue weighted by Crippen LogP contribution is -2.34.